The van der Waals surface area contributed by atoms with E-state index in [-0.39, 0.29) is 11.9 Å². The van der Waals surface area contributed by atoms with Gasteiger partial charge in [0.2, 0.25) is 0 Å². The average molecular weight is 399 g/mol. The van der Waals surface area contributed by atoms with Gasteiger partial charge in [-0.05, 0) is 50.6 Å². The highest BCUT2D eigenvalue weighted by Gasteiger charge is 2.14. The molecule has 1 aromatic carbocycles. The van der Waals surface area contributed by atoms with Crippen LogP contribution in [0.1, 0.15) is 40.3 Å². The molecule has 1 unspecified atom stereocenters. The number of nitrogens with zero attached hydrogens (tertiary/aromatic N) is 3. The van der Waals surface area contributed by atoms with E-state index < -0.39 is 0 Å². The summed E-state index contributed by atoms with van der Waals surface area (Å²) < 4.78 is 2.74. The summed E-state index contributed by atoms with van der Waals surface area (Å²) in [6.45, 7) is 5.87. The lowest BCUT2D eigenvalue weighted by atomic mass is 10.1. The fraction of sp³-hybridized carbons (Fsp3) is 0.211. The number of rotatable bonds is 4. The molecule has 3 rings (SSSR count). The van der Waals surface area contributed by atoms with Crippen molar-refractivity contribution in [3.8, 4) is 5.82 Å². The smallest absolute Gasteiger partial charge is 0.253 e. The molecule has 0 fully saturated rings. The SMILES string of the molecule is Cc1cc(C)n(-c2ccc(C(=O)NC(C)c3ccccc3Br)cn2)n1. The van der Waals surface area contributed by atoms with Gasteiger partial charge in [-0.15, -0.1) is 0 Å². The van der Waals surface area contributed by atoms with Crippen LogP contribution < -0.4 is 5.32 Å². The Hall–Kier alpha value is -2.47. The highest BCUT2D eigenvalue weighted by Crippen LogP contribution is 2.23. The second kappa shape index (κ2) is 7.19. The summed E-state index contributed by atoms with van der Waals surface area (Å²) in [5, 5.41) is 7.40. The zero-order valence-corrected chi connectivity index (χ0v) is 15.9. The van der Waals surface area contributed by atoms with Crippen LogP contribution in [0, 0.1) is 13.8 Å². The van der Waals surface area contributed by atoms with Crippen LogP contribution in [0.15, 0.2) is 53.1 Å². The predicted octanol–water partition coefficient (Wildman–Crippen LogP) is 4.14. The van der Waals surface area contributed by atoms with Crippen LogP contribution in [0.2, 0.25) is 0 Å². The topological polar surface area (TPSA) is 59.8 Å². The third-order valence-corrected chi connectivity index (χ3v) is 4.68. The van der Waals surface area contributed by atoms with Gasteiger partial charge in [0.1, 0.15) is 0 Å². The van der Waals surface area contributed by atoms with E-state index >= 15 is 0 Å². The van der Waals surface area contributed by atoms with Gasteiger partial charge in [0.15, 0.2) is 5.82 Å². The molecule has 0 aliphatic carbocycles. The van der Waals surface area contributed by atoms with Gasteiger partial charge in [0, 0.05) is 16.4 Å². The minimum Gasteiger partial charge on any atom is -0.345 e. The maximum atomic E-state index is 12.5. The fourth-order valence-electron chi connectivity index (χ4n) is 2.69. The fourth-order valence-corrected chi connectivity index (χ4v) is 3.32. The molecule has 2 heterocycles. The summed E-state index contributed by atoms with van der Waals surface area (Å²) in [6, 6.07) is 13.3. The van der Waals surface area contributed by atoms with Crippen molar-refractivity contribution in [1.29, 1.82) is 0 Å². The van der Waals surface area contributed by atoms with Gasteiger partial charge in [-0.2, -0.15) is 5.10 Å². The number of carbonyl (C=O) groups is 1. The zero-order chi connectivity index (χ0) is 18.0. The molecule has 1 amide bonds. The van der Waals surface area contributed by atoms with E-state index in [2.05, 4.69) is 31.3 Å². The minimum absolute atomic E-state index is 0.112. The lowest BCUT2D eigenvalue weighted by molar-refractivity contribution is 0.0939. The van der Waals surface area contributed by atoms with Crippen molar-refractivity contribution in [2.24, 2.45) is 0 Å². The largest absolute Gasteiger partial charge is 0.345 e. The molecule has 1 atom stereocenters. The molecule has 25 heavy (non-hydrogen) atoms. The quantitative estimate of drug-likeness (QED) is 0.718. The van der Waals surface area contributed by atoms with Gasteiger partial charge in [-0.1, -0.05) is 34.1 Å². The number of aryl methyl sites for hydroxylation is 2. The Morgan fingerprint density at radius 1 is 1.20 bits per heavy atom. The van der Waals surface area contributed by atoms with E-state index in [4.69, 9.17) is 0 Å². The van der Waals surface area contributed by atoms with E-state index in [0.717, 1.165) is 21.4 Å². The van der Waals surface area contributed by atoms with Crippen molar-refractivity contribution in [3.05, 3.63) is 75.6 Å². The molecule has 0 aliphatic rings. The van der Waals surface area contributed by atoms with Crippen molar-refractivity contribution in [1.82, 2.24) is 20.1 Å². The first-order valence-electron chi connectivity index (χ1n) is 8.00. The first-order chi connectivity index (χ1) is 12.0. The Labute approximate surface area is 155 Å². The van der Waals surface area contributed by atoms with Crippen LogP contribution in [-0.4, -0.2) is 20.7 Å². The molecule has 1 N–H and O–H groups in total. The van der Waals surface area contributed by atoms with Crippen molar-refractivity contribution in [2.75, 3.05) is 0 Å². The number of halogens is 1. The van der Waals surface area contributed by atoms with E-state index in [9.17, 15) is 4.79 Å². The van der Waals surface area contributed by atoms with Crippen LogP contribution in [0.4, 0.5) is 0 Å². The van der Waals surface area contributed by atoms with Crippen molar-refractivity contribution in [3.63, 3.8) is 0 Å². The van der Waals surface area contributed by atoms with E-state index in [1.165, 1.54) is 0 Å². The number of carbonyl (C=O) groups excluding carboxylic acids is 1. The number of aromatic nitrogens is 3. The molecule has 0 bridgehead atoms. The maximum Gasteiger partial charge on any atom is 0.253 e. The number of nitrogens with one attached hydrogen (secondary N) is 1. The van der Waals surface area contributed by atoms with Crippen LogP contribution in [-0.2, 0) is 0 Å². The molecule has 0 spiro atoms. The number of hydrogen-bond donors (Lipinski definition) is 1. The van der Waals surface area contributed by atoms with Crippen LogP contribution in [0.5, 0.6) is 0 Å². The monoisotopic (exact) mass is 398 g/mol. The molecule has 5 nitrogen and oxygen atoms in total. The van der Waals surface area contributed by atoms with Crippen LogP contribution in [0.3, 0.4) is 0 Å². The highest BCUT2D eigenvalue weighted by molar-refractivity contribution is 9.10. The van der Waals surface area contributed by atoms with Gasteiger partial charge in [0.25, 0.3) is 5.91 Å². The highest BCUT2D eigenvalue weighted by atomic mass is 79.9. The summed E-state index contributed by atoms with van der Waals surface area (Å²) in [7, 11) is 0. The number of benzene rings is 1. The van der Waals surface area contributed by atoms with Crippen LogP contribution >= 0.6 is 15.9 Å². The Morgan fingerprint density at radius 3 is 2.56 bits per heavy atom. The minimum atomic E-state index is -0.157. The molecule has 2 aromatic heterocycles. The van der Waals surface area contributed by atoms with E-state index in [1.807, 2.05) is 51.1 Å². The van der Waals surface area contributed by atoms with Crippen molar-refractivity contribution < 1.29 is 4.79 Å². The molecule has 0 aliphatic heterocycles. The summed E-state index contributed by atoms with van der Waals surface area (Å²) in [6.07, 6.45) is 1.58. The first-order valence-corrected chi connectivity index (χ1v) is 8.80. The van der Waals surface area contributed by atoms with Gasteiger partial charge >= 0.3 is 0 Å². The van der Waals surface area contributed by atoms with Gasteiger partial charge < -0.3 is 5.32 Å². The van der Waals surface area contributed by atoms with Crippen molar-refractivity contribution in [2.45, 2.75) is 26.8 Å². The van der Waals surface area contributed by atoms with Gasteiger partial charge in [-0.25, -0.2) is 9.67 Å². The number of amides is 1. The second-order valence-electron chi connectivity index (χ2n) is 5.96. The Bertz CT molecular complexity index is 902. The normalized spacial score (nSPS) is 12.0. The standard InChI is InChI=1S/C19H19BrN4O/c1-12-10-13(2)24(23-12)18-9-8-15(11-21-18)19(25)22-14(3)16-6-4-5-7-17(16)20/h4-11,14H,1-3H3,(H,22,25). The van der Waals surface area contributed by atoms with E-state index in [0.29, 0.717) is 11.4 Å². The average Bonchev–Trinajstić information content (AvgIpc) is 2.93. The lowest BCUT2D eigenvalue weighted by Crippen LogP contribution is -2.27. The van der Waals surface area contributed by atoms with E-state index in [1.54, 1.807) is 23.0 Å². The molecule has 0 saturated heterocycles. The molecule has 6 heteroatoms. The summed E-state index contributed by atoms with van der Waals surface area (Å²) in [5.41, 5.74) is 3.49. The maximum absolute atomic E-state index is 12.5. The Morgan fingerprint density at radius 2 is 1.96 bits per heavy atom. The first kappa shape index (κ1) is 17.4. The summed E-state index contributed by atoms with van der Waals surface area (Å²) >= 11 is 3.51. The number of hydrogen-bond acceptors (Lipinski definition) is 3. The third-order valence-electron chi connectivity index (χ3n) is 3.96. The molecule has 3 aromatic rings. The van der Waals surface area contributed by atoms with Crippen molar-refractivity contribution >= 4 is 21.8 Å². The van der Waals surface area contributed by atoms with Crippen LogP contribution in [0.25, 0.3) is 5.82 Å². The number of pyridine rings is 1. The molecule has 128 valence electrons. The molecule has 0 saturated carbocycles. The summed E-state index contributed by atoms with van der Waals surface area (Å²) in [5.74, 6) is 0.539. The molecule has 0 radical (unpaired) electrons. The third kappa shape index (κ3) is 3.79. The van der Waals surface area contributed by atoms with Gasteiger partial charge in [0.05, 0.1) is 17.3 Å². The molecular weight excluding hydrogens is 380 g/mol. The Kier molecular flexibility index (Phi) is 4.99. The molecular formula is C19H19BrN4O. The Balaban J connectivity index is 1.75. The predicted molar refractivity (Wildman–Crippen MR) is 101 cm³/mol. The summed E-state index contributed by atoms with van der Waals surface area (Å²) in [4.78, 5) is 16.8. The van der Waals surface area contributed by atoms with Gasteiger partial charge in [-0.3, -0.25) is 4.79 Å². The lowest BCUT2D eigenvalue weighted by Gasteiger charge is -2.16. The second-order valence-corrected chi connectivity index (χ2v) is 6.81. The zero-order valence-electron chi connectivity index (χ0n) is 14.3.